The van der Waals surface area contributed by atoms with Crippen molar-refractivity contribution in [3.8, 4) is 5.75 Å². The molecule has 156 valence electrons. The summed E-state index contributed by atoms with van der Waals surface area (Å²) >= 11 is 0. The largest absolute Gasteiger partial charge is 0.496 e. The highest BCUT2D eigenvalue weighted by Crippen LogP contribution is 2.22. The van der Waals surface area contributed by atoms with Crippen molar-refractivity contribution < 1.29 is 19.1 Å². The standard InChI is InChI=1S/C23H24N2O5/c1-14(2)12-25-22(27)19-8-6-5-7-18(19)21(24-25)23(28)30-13-17-11-16(15(3)26)9-10-20(17)29-4/h5-11,14H,12-13H2,1-4H3. The molecule has 0 radical (unpaired) electrons. The third-order valence-corrected chi connectivity index (χ3v) is 4.64. The molecule has 0 bridgehead atoms. The van der Waals surface area contributed by atoms with E-state index in [-0.39, 0.29) is 29.6 Å². The first-order valence-corrected chi connectivity index (χ1v) is 9.66. The van der Waals surface area contributed by atoms with Crippen molar-refractivity contribution in [3.63, 3.8) is 0 Å². The molecular weight excluding hydrogens is 384 g/mol. The van der Waals surface area contributed by atoms with Gasteiger partial charge in [-0.15, -0.1) is 0 Å². The van der Waals surface area contributed by atoms with Gasteiger partial charge in [0.2, 0.25) is 0 Å². The predicted molar refractivity (Wildman–Crippen MR) is 113 cm³/mol. The summed E-state index contributed by atoms with van der Waals surface area (Å²) in [5.41, 5.74) is 0.897. The molecule has 7 heteroatoms. The molecule has 0 saturated carbocycles. The van der Waals surface area contributed by atoms with Gasteiger partial charge in [-0.3, -0.25) is 9.59 Å². The molecule has 7 nitrogen and oxygen atoms in total. The van der Waals surface area contributed by atoms with E-state index >= 15 is 0 Å². The number of fused-ring (bicyclic) bond motifs is 1. The summed E-state index contributed by atoms with van der Waals surface area (Å²) in [5, 5.41) is 5.14. The number of esters is 1. The summed E-state index contributed by atoms with van der Waals surface area (Å²) in [7, 11) is 1.50. The monoisotopic (exact) mass is 408 g/mol. The summed E-state index contributed by atoms with van der Waals surface area (Å²) < 4.78 is 12.1. The first-order chi connectivity index (χ1) is 14.3. The highest BCUT2D eigenvalue weighted by Gasteiger charge is 2.19. The van der Waals surface area contributed by atoms with Crippen LogP contribution in [0.1, 0.15) is 47.2 Å². The lowest BCUT2D eigenvalue weighted by Gasteiger charge is -2.13. The minimum Gasteiger partial charge on any atom is -0.496 e. The molecule has 0 amide bonds. The number of benzene rings is 2. The Morgan fingerprint density at radius 1 is 1.10 bits per heavy atom. The molecule has 0 N–H and O–H groups in total. The molecule has 0 spiro atoms. The summed E-state index contributed by atoms with van der Waals surface area (Å²) in [6, 6.07) is 11.8. The van der Waals surface area contributed by atoms with Gasteiger partial charge in [0, 0.05) is 23.1 Å². The van der Waals surface area contributed by atoms with Crippen LogP contribution in [0.5, 0.6) is 5.75 Å². The van der Waals surface area contributed by atoms with Crippen molar-refractivity contribution in [2.75, 3.05) is 7.11 Å². The van der Waals surface area contributed by atoms with Gasteiger partial charge in [0.1, 0.15) is 12.4 Å². The number of hydrogen-bond acceptors (Lipinski definition) is 6. The molecule has 0 saturated heterocycles. The van der Waals surface area contributed by atoms with Crippen LogP contribution in [-0.2, 0) is 17.9 Å². The number of aromatic nitrogens is 2. The minimum absolute atomic E-state index is 0.0764. The van der Waals surface area contributed by atoms with Crippen LogP contribution in [0.3, 0.4) is 0 Å². The van der Waals surface area contributed by atoms with E-state index in [1.165, 1.54) is 18.7 Å². The van der Waals surface area contributed by atoms with Gasteiger partial charge in [-0.2, -0.15) is 5.10 Å². The topological polar surface area (TPSA) is 87.5 Å². The van der Waals surface area contributed by atoms with Crippen molar-refractivity contribution in [2.24, 2.45) is 5.92 Å². The maximum atomic E-state index is 12.9. The Morgan fingerprint density at radius 2 is 1.80 bits per heavy atom. The second-order valence-corrected chi connectivity index (χ2v) is 7.43. The first kappa shape index (κ1) is 21.2. The molecule has 0 aliphatic carbocycles. The van der Waals surface area contributed by atoms with Crippen LogP contribution in [0.25, 0.3) is 10.8 Å². The maximum Gasteiger partial charge on any atom is 0.359 e. The van der Waals surface area contributed by atoms with Crippen LogP contribution in [0.2, 0.25) is 0 Å². The fourth-order valence-electron chi connectivity index (χ4n) is 3.18. The number of ketones is 1. The number of nitrogens with zero attached hydrogens (tertiary/aromatic N) is 2. The number of ether oxygens (including phenoxy) is 2. The molecule has 0 atom stereocenters. The van der Waals surface area contributed by atoms with Crippen LogP contribution in [-0.4, -0.2) is 28.6 Å². The lowest BCUT2D eigenvalue weighted by atomic mass is 10.1. The van der Waals surface area contributed by atoms with E-state index in [0.29, 0.717) is 34.2 Å². The average molecular weight is 408 g/mol. The van der Waals surface area contributed by atoms with Crippen molar-refractivity contribution in [3.05, 3.63) is 69.6 Å². The van der Waals surface area contributed by atoms with Crippen LogP contribution in [0.4, 0.5) is 0 Å². The van der Waals surface area contributed by atoms with Crippen molar-refractivity contribution in [1.82, 2.24) is 9.78 Å². The lowest BCUT2D eigenvalue weighted by molar-refractivity contribution is 0.0462. The number of carbonyl (C=O) groups excluding carboxylic acids is 2. The highest BCUT2D eigenvalue weighted by atomic mass is 16.5. The molecule has 1 heterocycles. The van der Waals surface area contributed by atoms with Crippen LogP contribution in [0, 0.1) is 5.92 Å². The Hall–Kier alpha value is -3.48. The number of Topliss-reactive ketones (excluding diaryl/α,β-unsaturated/α-hetero) is 1. The minimum atomic E-state index is -0.654. The number of rotatable bonds is 7. The third-order valence-electron chi connectivity index (χ3n) is 4.64. The zero-order chi connectivity index (χ0) is 21.8. The van der Waals surface area contributed by atoms with Gasteiger partial charge in [-0.1, -0.05) is 32.0 Å². The van der Waals surface area contributed by atoms with E-state index in [1.807, 2.05) is 13.8 Å². The SMILES string of the molecule is COc1ccc(C(C)=O)cc1COC(=O)c1nn(CC(C)C)c(=O)c2ccccc12. The van der Waals surface area contributed by atoms with Crippen molar-refractivity contribution in [2.45, 2.75) is 33.9 Å². The normalized spacial score (nSPS) is 11.0. The first-order valence-electron chi connectivity index (χ1n) is 9.66. The molecule has 0 aliphatic rings. The fourth-order valence-corrected chi connectivity index (χ4v) is 3.18. The summed E-state index contributed by atoms with van der Waals surface area (Å²) in [4.78, 5) is 37.3. The maximum absolute atomic E-state index is 12.9. The molecule has 30 heavy (non-hydrogen) atoms. The lowest BCUT2D eigenvalue weighted by Crippen LogP contribution is -2.28. The van der Waals surface area contributed by atoms with Crippen LogP contribution in [0.15, 0.2) is 47.3 Å². The summed E-state index contributed by atoms with van der Waals surface area (Å²) in [6.45, 7) is 5.69. The van der Waals surface area contributed by atoms with E-state index in [4.69, 9.17) is 9.47 Å². The van der Waals surface area contributed by atoms with E-state index in [2.05, 4.69) is 5.10 Å². The molecular formula is C23H24N2O5. The zero-order valence-corrected chi connectivity index (χ0v) is 17.5. The second kappa shape index (κ2) is 8.90. The summed E-state index contributed by atoms with van der Waals surface area (Å²) in [5.74, 6) is -0.0631. The Morgan fingerprint density at radius 3 is 2.43 bits per heavy atom. The number of hydrogen-bond donors (Lipinski definition) is 0. The van der Waals surface area contributed by atoms with E-state index in [0.717, 1.165) is 0 Å². The molecule has 2 aromatic carbocycles. The molecule has 0 aliphatic heterocycles. The average Bonchev–Trinajstić information content (AvgIpc) is 2.73. The van der Waals surface area contributed by atoms with Crippen molar-refractivity contribution >= 4 is 22.5 Å². The fraction of sp³-hybridized carbons (Fsp3) is 0.304. The molecule has 0 unspecified atom stereocenters. The quantitative estimate of drug-likeness (QED) is 0.438. The van der Waals surface area contributed by atoms with Gasteiger partial charge in [0.05, 0.1) is 12.5 Å². The molecule has 3 rings (SSSR count). The van der Waals surface area contributed by atoms with Gasteiger partial charge < -0.3 is 9.47 Å². The Bertz CT molecular complexity index is 1160. The highest BCUT2D eigenvalue weighted by molar-refractivity contribution is 6.02. The smallest absolute Gasteiger partial charge is 0.359 e. The van der Waals surface area contributed by atoms with Gasteiger partial charge in [-0.05, 0) is 37.1 Å². The third kappa shape index (κ3) is 4.40. The summed E-state index contributed by atoms with van der Waals surface area (Å²) in [6.07, 6.45) is 0. The predicted octanol–water partition coefficient (Wildman–Crippen LogP) is 3.62. The van der Waals surface area contributed by atoms with Crippen LogP contribution >= 0.6 is 0 Å². The van der Waals surface area contributed by atoms with Crippen LogP contribution < -0.4 is 10.3 Å². The van der Waals surface area contributed by atoms with E-state index < -0.39 is 5.97 Å². The van der Waals surface area contributed by atoms with Gasteiger partial charge in [-0.25, -0.2) is 9.48 Å². The van der Waals surface area contributed by atoms with Gasteiger partial charge in [0.25, 0.3) is 5.56 Å². The van der Waals surface area contributed by atoms with Gasteiger partial charge in [0.15, 0.2) is 11.5 Å². The van der Waals surface area contributed by atoms with E-state index in [1.54, 1.807) is 42.5 Å². The Labute approximate surface area is 174 Å². The van der Waals surface area contributed by atoms with Crippen molar-refractivity contribution in [1.29, 1.82) is 0 Å². The van der Waals surface area contributed by atoms with Gasteiger partial charge >= 0.3 is 5.97 Å². The second-order valence-electron chi connectivity index (χ2n) is 7.43. The molecule has 0 fully saturated rings. The zero-order valence-electron chi connectivity index (χ0n) is 17.5. The molecule has 3 aromatic rings. The molecule has 1 aromatic heterocycles. The van der Waals surface area contributed by atoms with E-state index in [9.17, 15) is 14.4 Å². The Balaban J connectivity index is 1.96. The number of carbonyl (C=O) groups is 2. The number of methoxy groups -OCH3 is 1. The Kier molecular flexibility index (Phi) is 6.30.